The van der Waals surface area contributed by atoms with E-state index < -0.39 is 0 Å². The molecule has 2 aliphatic heterocycles. The van der Waals surface area contributed by atoms with Crippen LogP contribution in [0.5, 0.6) is 5.75 Å². The molecular weight excluding hydrogens is 296 g/mol. The van der Waals surface area contributed by atoms with Gasteiger partial charge in [0.05, 0.1) is 12.1 Å². The highest BCUT2D eigenvalue weighted by Crippen LogP contribution is 2.47. The summed E-state index contributed by atoms with van der Waals surface area (Å²) in [6.07, 6.45) is 5.55. The Balaban J connectivity index is 1.58. The van der Waals surface area contributed by atoms with Crippen LogP contribution in [0, 0.1) is 0 Å². The van der Waals surface area contributed by atoms with Crippen LogP contribution in [0.4, 0.5) is 0 Å². The highest BCUT2D eigenvalue weighted by Gasteiger charge is 2.43. The fourth-order valence-corrected chi connectivity index (χ4v) is 4.85. The molecule has 2 heterocycles. The van der Waals surface area contributed by atoms with Crippen molar-refractivity contribution in [3.63, 3.8) is 0 Å². The van der Waals surface area contributed by atoms with Crippen molar-refractivity contribution in [3.05, 3.63) is 29.8 Å². The molecule has 5 heteroatoms. The van der Waals surface area contributed by atoms with E-state index >= 15 is 0 Å². The zero-order valence-corrected chi connectivity index (χ0v) is 13.5. The van der Waals surface area contributed by atoms with Gasteiger partial charge in [-0.2, -0.15) is 0 Å². The molecule has 2 unspecified atom stereocenters. The second-order valence-corrected chi connectivity index (χ2v) is 7.60. The van der Waals surface area contributed by atoms with E-state index in [1.165, 1.54) is 12.8 Å². The summed E-state index contributed by atoms with van der Waals surface area (Å²) in [5.41, 5.74) is 1.06. The number of thioether (sulfide) groups is 1. The van der Waals surface area contributed by atoms with Gasteiger partial charge in [-0.1, -0.05) is 18.2 Å². The number of carbonyl (C=O) groups is 1. The summed E-state index contributed by atoms with van der Waals surface area (Å²) in [6.45, 7) is 0. The van der Waals surface area contributed by atoms with Crippen LogP contribution in [0.2, 0.25) is 0 Å². The second-order valence-electron chi connectivity index (χ2n) is 6.57. The van der Waals surface area contributed by atoms with Gasteiger partial charge in [0, 0.05) is 23.6 Å². The van der Waals surface area contributed by atoms with Crippen LogP contribution in [0.1, 0.15) is 43.7 Å². The molecule has 4 nitrogen and oxygen atoms in total. The van der Waals surface area contributed by atoms with E-state index in [0.29, 0.717) is 0 Å². The van der Waals surface area contributed by atoms with Crippen LogP contribution < -0.4 is 15.4 Å². The third-order valence-electron chi connectivity index (χ3n) is 5.06. The Morgan fingerprint density at radius 2 is 2.14 bits per heavy atom. The number of fused-ring (bicyclic) bond motifs is 1. The minimum Gasteiger partial charge on any atom is -0.487 e. The summed E-state index contributed by atoms with van der Waals surface area (Å²) < 4.78 is 6.35. The van der Waals surface area contributed by atoms with Gasteiger partial charge in [-0.05, 0) is 31.7 Å². The van der Waals surface area contributed by atoms with Gasteiger partial charge in [-0.3, -0.25) is 10.1 Å². The molecule has 118 valence electrons. The number of ether oxygens (including phenoxy) is 1. The van der Waals surface area contributed by atoms with E-state index in [9.17, 15) is 4.79 Å². The molecule has 1 saturated heterocycles. The quantitative estimate of drug-likeness (QED) is 0.880. The molecule has 2 N–H and O–H groups in total. The number of benzene rings is 1. The van der Waals surface area contributed by atoms with Crippen molar-refractivity contribution in [2.24, 2.45) is 0 Å². The molecule has 1 amide bonds. The van der Waals surface area contributed by atoms with Crippen molar-refractivity contribution in [1.82, 2.24) is 10.6 Å². The predicted molar refractivity (Wildman–Crippen MR) is 88.0 cm³/mol. The summed E-state index contributed by atoms with van der Waals surface area (Å²) in [5, 5.41) is 6.52. The topological polar surface area (TPSA) is 50.4 Å². The lowest BCUT2D eigenvalue weighted by Crippen LogP contribution is -2.48. The molecule has 1 aliphatic carbocycles. The molecule has 2 fully saturated rings. The summed E-state index contributed by atoms with van der Waals surface area (Å²) >= 11 is 1.78. The Hall–Kier alpha value is -1.20. The molecule has 22 heavy (non-hydrogen) atoms. The van der Waals surface area contributed by atoms with E-state index in [1.54, 1.807) is 11.8 Å². The van der Waals surface area contributed by atoms with E-state index in [4.69, 9.17) is 4.74 Å². The zero-order valence-electron chi connectivity index (χ0n) is 12.6. The van der Waals surface area contributed by atoms with Crippen LogP contribution in [-0.4, -0.2) is 29.2 Å². The number of amides is 1. The van der Waals surface area contributed by atoms with Gasteiger partial charge in [0.2, 0.25) is 5.91 Å². The number of para-hydroxylation sites is 1. The largest absolute Gasteiger partial charge is 0.487 e. The maximum Gasteiger partial charge on any atom is 0.238 e. The molecular formula is C17H22N2O2S. The Bertz CT molecular complexity index is 566. The lowest BCUT2D eigenvalue weighted by Gasteiger charge is -2.40. The Labute approximate surface area is 135 Å². The van der Waals surface area contributed by atoms with Gasteiger partial charge >= 0.3 is 0 Å². The Kier molecular flexibility index (Phi) is 3.78. The summed E-state index contributed by atoms with van der Waals surface area (Å²) in [5.74, 6) is 2.81. The Morgan fingerprint density at radius 1 is 1.32 bits per heavy atom. The minimum atomic E-state index is -0.0653. The highest BCUT2D eigenvalue weighted by molar-refractivity contribution is 7.99. The zero-order chi connectivity index (χ0) is 15.0. The van der Waals surface area contributed by atoms with Crippen LogP contribution in [0.15, 0.2) is 24.3 Å². The van der Waals surface area contributed by atoms with Gasteiger partial charge in [0.1, 0.15) is 11.4 Å². The SMILES string of the molecule is O=C(NC1CC2(CCCC2)Oc2ccccc21)C1CSCN1. The molecule has 2 atom stereocenters. The fourth-order valence-electron chi connectivity index (χ4n) is 3.91. The van der Waals surface area contributed by atoms with E-state index in [0.717, 1.165) is 42.2 Å². The number of carbonyl (C=O) groups excluding carboxylic acids is 1. The fraction of sp³-hybridized carbons (Fsp3) is 0.588. The van der Waals surface area contributed by atoms with Gasteiger partial charge < -0.3 is 10.1 Å². The molecule has 3 aliphatic rings. The summed E-state index contributed by atoms with van der Waals surface area (Å²) in [6, 6.07) is 8.18. The number of hydrogen-bond acceptors (Lipinski definition) is 4. The smallest absolute Gasteiger partial charge is 0.238 e. The van der Waals surface area contributed by atoms with Gasteiger partial charge in [0.25, 0.3) is 0 Å². The van der Waals surface area contributed by atoms with Crippen LogP contribution in [0.3, 0.4) is 0 Å². The molecule has 1 spiro atoms. The minimum absolute atomic E-state index is 0.0560. The van der Waals surface area contributed by atoms with Crippen LogP contribution in [0.25, 0.3) is 0 Å². The molecule has 0 aromatic heterocycles. The highest BCUT2D eigenvalue weighted by atomic mass is 32.2. The monoisotopic (exact) mass is 318 g/mol. The van der Waals surface area contributed by atoms with Crippen molar-refractivity contribution in [3.8, 4) is 5.75 Å². The third kappa shape index (κ3) is 2.61. The van der Waals surface area contributed by atoms with Gasteiger partial charge in [-0.15, -0.1) is 11.8 Å². The van der Waals surface area contributed by atoms with E-state index in [1.807, 2.05) is 18.2 Å². The maximum atomic E-state index is 12.5. The van der Waals surface area contributed by atoms with Gasteiger partial charge in [-0.25, -0.2) is 0 Å². The predicted octanol–water partition coefficient (Wildman–Crippen LogP) is 2.60. The van der Waals surface area contributed by atoms with E-state index in [-0.39, 0.29) is 23.6 Å². The standard InChI is InChI=1S/C17H22N2O2S/c20-16(14-10-22-11-18-14)19-13-9-17(7-3-4-8-17)21-15-6-2-1-5-12(13)15/h1-2,5-6,13-14,18H,3-4,7-11H2,(H,19,20). The average Bonchev–Trinajstić information content (AvgIpc) is 3.19. The number of rotatable bonds is 2. The maximum absolute atomic E-state index is 12.5. The first-order chi connectivity index (χ1) is 10.8. The van der Waals surface area contributed by atoms with Crippen molar-refractivity contribution in [1.29, 1.82) is 0 Å². The normalized spacial score (nSPS) is 29.1. The van der Waals surface area contributed by atoms with Crippen molar-refractivity contribution in [2.45, 2.75) is 49.8 Å². The van der Waals surface area contributed by atoms with E-state index in [2.05, 4.69) is 16.7 Å². The number of hydrogen-bond donors (Lipinski definition) is 2. The van der Waals surface area contributed by atoms with Crippen molar-refractivity contribution < 1.29 is 9.53 Å². The van der Waals surface area contributed by atoms with Crippen LogP contribution in [-0.2, 0) is 4.79 Å². The molecule has 1 saturated carbocycles. The molecule has 1 aromatic rings. The first-order valence-corrected chi connectivity index (χ1v) is 9.31. The van der Waals surface area contributed by atoms with Crippen molar-refractivity contribution in [2.75, 3.05) is 11.6 Å². The van der Waals surface area contributed by atoms with Gasteiger partial charge in [0.15, 0.2) is 0 Å². The summed E-state index contributed by atoms with van der Waals surface area (Å²) in [7, 11) is 0. The lowest BCUT2D eigenvalue weighted by molar-refractivity contribution is -0.123. The molecule has 4 rings (SSSR count). The molecule has 0 radical (unpaired) electrons. The average molecular weight is 318 g/mol. The first-order valence-electron chi connectivity index (χ1n) is 8.15. The Morgan fingerprint density at radius 3 is 2.91 bits per heavy atom. The first kappa shape index (κ1) is 14.4. The number of nitrogens with one attached hydrogen (secondary N) is 2. The molecule has 0 bridgehead atoms. The third-order valence-corrected chi connectivity index (χ3v) is 6.00. The lowest BCUT2D eigenvalue weighted by atomic mass is 9.86. The van der Waals surface area contributed by atoms with Crippen LogP contribution >= 0.6 is 11.8 Å². The molecule has 1 aromatic carbocycles. The second kappa shape index (κ2) is 5.78. The van der Waals surface area contributed by atoms with Crippen molar-refractivity contribution >= 4 is 17.7 Å². The summed E-state index contributed by atoms with van der Waals surface area (Å²) in [4.78, 5) is 12.5.